The van der Waals surface area contributed by atoms with Crippen molar-refractivity contribution >= 4 is 23.5 Å². The van der Waals surface area contributed by atoms with E-state index in [1.807, 2.05) is 0 Å². The van der Waals surface area contributed by atoms with Crippen LogP contribution in [0, 0.1) is 12.3 Å². The van der Waals surface area contributed by atoms with Crippen molar-refractivity contribution in [2.45, 2.75) is 26.2 Å². The number of anilines is 1. The number of carbonyl (C=O) groups excluding carboxylic acids is 3. The zero-order chi connectivity index (χ0) is 13.6. The van der Waals surface area contributed by atoms with Gasteiger partial charge in [0.25, 0.3) is 5.91 Å². The molecule has 1 aromatic heterocycles. The molecule has 0 aromatic carbocycles. The van der Waals surface area contributed by atoms with Gasteiger partial charge in [0.05, 0.1) is 11.4 Å². The van der Waals surface area contributed by atoms with Crippen molar-refractivity contribution in [2.24, 2.45) is 5.41 Å². The minimum Gasteiger partial charge on any atom is -0.276 e. The zero-order valence-electron chi connectivity index (χ0n) is 10.5. The Balaban J connectivity index is 2.06. The maximum Gasteiger partial charge on any atom is 0.335 e. The van der Waals surface area contributed by atoms with Gasteiger partial charge in [0.1, 0.15) is 5.41 Å². The van der Waals surface area contributed by atoms with Crippen LogP contribution >= 0.6 is 0 Å². The lowest BCUT2D eigenvalue weighted by atomic mass is 9.66. The van der Waals surface area contributed by atoms with E-state index in [0.29, 0.717) is 24.2 Å². The van der Waals surface area contributed by atoms with E-state index >= 15 is 0 Å². The fourth-order valence-corrected chi connectivity index (χ4v) is 2.58. The number of urea groups is 1. The highest BCUT2D eigenvalue weighted by Crippen LogP contribution is 2.45. The highest BCUT2D eigenvalue weighted by Gasteiger charge is 2.57. The second kappa shape index (κ2) is 3.88. The molecule has 6 nitrogen and oxygen atoms in total. The maximum absolute atomic E-state index is 12.5. The normalized spacial score (nSPS) is 21.3. The van der Waals surface area contributed by atoms with Gasteiger partial charge in [-0.1, -0.05) is 6.42 Å². The molecule has 4 amide bonds. The van der Waals surface area contributed by atoms with Crippen molar-refractivity contribution in [3.8, 4) is 0 Å². The summed E-state index contributed by atoms with van der Waals surface area (Å²) in [7, 11) is 0. The Bertz CT molecular complexity index is 593. The molecule has 2 fully saturated rings. The number of barbiturate groups is 1. The summed E-state index contributed by atoms with van der Waals surface area (Å²) in [6.07, 6.45) is 3.42. The highest BCUT2D eigenvalue weighted by atomic mass is 16.2. The molecule has 0 bridgehead atoms. The Hall–Kier alpha value is -2.24. The molecule has 2 aliphatic rings. The largest absolute Gasteiger partial charge is 0.335 e. The molecule has 1 N–H and O–H groups in total. The van der Waals surface area contributed by atoms with Crippen LogP contribution in [0.3, 0.4) is 0 Å². The minimum atomic E-state index is -1.05. The van der Waals surface area contributed by atoms with Gasteiger partial charge in [-0.05, 0) is 31.9 Å². The van der Waals surface area contributed by atoms with Gasteiger partial charge in [0, 0.05) is 6.20 Å². The third kappa shape index (κ3) is 1.49. The van der Waals surface area contributed by atoms with E-state index in [2.05, 4.69) is 10.3 Å². The summed E-state index contributed by atoms with van der Waals surface area (Å²) < 4.78 is 0. The van der Waals surface area contributed by atoms with Gasteiger partial charge < -0.3 is 0 Å². The molecule has 0 unspecified atom stereocenters. The standard InChI is InChI=1S/C13H13N3O3/c1-8-9(4-2-7-14-8)16-11(18)13(5-3-6-13)10(17)15-12(16)19/h2,4,7H,3,5-6H2,1H3,(H,15,17,19). The lowest BCUT2D eigenvalue weighted by molar-refractivity contribution is -0.148. The smallest absolute Gasteiger partial charge is 0.276 e. The van der Waals surface area contributed by atoms with Gasteiger partial charge in [-0.25, -0.2) is 9.69 Å². The second-order valence-corrected chi connectivity index (χ2v) is 4.94. The second-order valence-electron chi connectivity index (χ2n) is 4.94. The monoisotopic (exact) mass is 259 g/mol. The van der Waals surface area contributed by atoms with E-state index in [0.717, 1.165) is 11.3 Å². The Morgan fingerprint density at radius 3 is 2.63 bits per heavy atom. The number of hydrogen-bond donors (Lipinski definition) is 1. The number of nitrogens with one attached hydrogen (secondary N) is 1. The van der Waals surface area contributed by atoms with Crippen molar-refractivity contribution in [2.75, 3.05) is 4.90 Å². The van der Waals surface area contributed by atoms with E-state index < -0.39 is 23.3 Å². The van der Waals surface area contributed by atoms with Crippen LogP contribution in [0.5, 0.6) is 0 Å². The van der Waals surface area contributed by atoms with Gasteiger partial charge in [-0.3, -0.25) is 19.9 Å². The Morgan fingerprint density at radius 1 is 1.32 bits per heavy atom. The molecule has 3 rings (SSSR count). The lowest BCUT2D eigenvalue weighted by Gasteiger charge is -2.44. The van der Waals surface area contributed by atoms with Crippen LogP contribution in [-0.4, -0.2) is 22.8 Å². The number of aryl methyl sites for hydroxylation is 1. The average molecular weight is 259 g/mol. The van der Waals surface area contributed by atoms with Crippen LogP contribution in [0.4, 0.5) is 10.5 Å². The van der Waals surface area contributed by atoms with Gasteiger partial charge >= 0.3 is 6.03 Å². The van der Waals surface area contributed by atoms with Gasteiger partial charge in [-0.2, -0.15) is 0 Å². The van der Waals surface area contributed by atoms with Crippen molar-refractivity contribution in [3.05, 3.63) is 24.0 Å². The summed E-state index contributed by atoms with van der Waals surface area (Å²) in [5.41, 5.74) is -0.0329. The first-order valence-electron chi connectivity index (χ1n) is 6.18. The predicted molar refractivity (Wildman–Crippen MR) is 66.3 cm³/mol. The Labute approximate surface area is 109 Å². The first kappa shape index (κ1) is 11.8. The fraction of sp³-hybridized carbons (Fsp3) is 0.385. The summed E-state index contributed by atoms with van der Waals surface area (Å²) in [5, 5.41) is 2.28. The quantitative estimate of drug-likeness (QED) is 0.767. The van der Waals surface area contributed by atoms with E-state index in [1.54, 1.807) is 25.3 Å². The highest BCUT2D eigenvalue weighted by molar-refractivity contribution is 6.30. The summed E-state index contributed by atoms with van der Waals surface area (Å²) in [6, 6.07) is 2.62. The lowest BCUT2D eigenvalue weighted by Crippen LogP contribution is -2.66. The molecule has 1 aliphatic carbocycles. The number of hydrogen-bond acceptors (Lipinski definition) is 4. The number of aromatic nitrogens is 1. The van der Waals surface area contributed by atoms with Crippen LogP contribution in [0.15, 0.2) is 18.3 Å². The number of carbonyl (C=O) groups is 3. The third-order valence-corrected chi connectivity index (χ3v) is 3.90. The van der Waals surface area contributed by atoms with Gasteiger partial charge in [0.2, 0.25) is 5.91 Å². The third-order valence-electron chi connectivity index (χ3n) is 3.90. The summed E-state index contributed by atoms with van der Waals surface area (Å²) in [6.45, 7) is 1.72. The number of nitrogens with zero attached hydrogens (tertiary/aromatic N) is 2. The Morgan fingerprint density at radius 2 is 2.05 bits per heavy atom. The summed E-state index contributed by atoms with van der Waals surface area (Å²) in [4.78, 5) is 41.5. The van der Waals surface area contributed by atoms with E-state index in [1.165, 1.54) is 0 Å². The van der Waals surface area contributed by atoms with Crippen molar-refractivity contribution < 1.29 is 14.4 Å². The first-order valence-corrected chi connectivity index (χ1v) is 6.18. The van der Waals surface area contributed by atoms with E-state index in [9.17, 15) is 14.4 Å². The molecule has 0 atom stereocenters. The number of pyridine rings is 1. The molecule has 19 heavy (non-hydrogen) atoms. The molecule has 2 heterocycles. The molecule has 1 aliphatic heterocycles. The number of imide groups is 2. The topological polar surface area (TPSA) is 79.4 Å². The molecular weight excluding hydrogens is 246 g/mol. The van der Waals surface area contributed by atoms with Crippen molar-refractivity contribution in [3.63, 3.8) is 0 Å². The molecule has 0 radical (unpaired) electrons. The summed E-state index contributed by atoms with van der Waals surface area (Å²) >= 11 is 0. The average Bonchev–Trinajstić information content (AvgIpc) is 2.29. The van der Waals surface area contributed by atoms with Crippen LogP contribution in [0.1, 0.15) is 25.0 Å². The van der Waals surface area contributed by atoms with Crippen molar-refractivity contribution in [1.82, 2.24) is 10.3 Å². The number of amides is 4. The fourth-order valence-electron chi connectivity index (χ4n) is 2.58. The van der Waals surface area contributed by atoms with Gasteiger partial charge in [0.15, 0.2) is 0 Å². The summed E-state index contributed by atoms with van der Waals surface area (Å²) in [5.74, 6) is -0.893. The predicted octanol–water partition coefficient (Wildman–Crippen LogP) is 1.14. The molecule has 6 heteroatoms. The van der Waals surface area contributed by atoms with Crippen LogP contribution in [-0.2, 0) is 9.59 Å². The van der Waals surface area contributed by atoms with Crippen LogP contribution in [0.25, 0.3) is 0 Å². The van der Waals surface area contributed by atoms with Crippen molar-refractivity contribution in [1.29, 1.82) is 0 Å². The molecule has 1 saturated carbocycles. The van der Waals surface area contributed by atoms with E-state index in [4.69, 9.17) is 0 Å². The maximum atomic E-state index is 12.5. The van der Waals surface area contributed by atoms with Gasteiger partial charge in [-0.15, -0.1) is 0 Å². The zero-order valence-corrected chi connectivity index (χ0v) is 10.5. The first-order chi connectivity index (χ1) is 9.06. The SMILES string of the molecule is Cc1ncccc1N1C(=O)NC(=O)C2(CCC2)C1=O. The molecular formula is C13H13N3O3. The molecule has 1 saturated heterocycles. The van der Waals surface area contributed by atoms with E-state index in [-0.39, 0.29) is 0 Å². The molecule has 98 valence electrons. The minimum absolute atomic E-state index is 0.427. The van der Waals surface area contributed by atoms with Crippen LogP contribution in [0.2, 0.25) is 0 Å². The Kier molecular flexibility index (Phi) is 2.41. The molecule has 1 aromatic rings. The molecule has 1 spiro atoms. The van der Waals surface area contributed by atoms with Crippen LogP contribution < -0.4 is 10.2 Å². The number of rotatable bonds is 1.